The molecule has 226 valence electrons. The van der Waals surface area contributed by atoms with Crippen molar-refractivity contribution in [3.63, 3.8) is 0 Å². The number of esters is 1. The van der Waals surface area contributed by atoms with E-state index in [2.05, 4.69) is 21.2 Å². The van der Waals surface area contributed by atoms with E-state index < -0.39 is 11.9 Å². The van der Waals surface area contributed by atoms with Gasteiger partial charge in [-0.05, 0) is 84.4 Å². The molecule has 1 aliphatic heterocycles. The van der Waals surface area contributed by atoms with Crippen molar-refractivity contribution < 1.29 is 38.0 Å². The summed E-state index contributed by atoms with van der Waals surface area (Å²) in [6, 6.07) is 9.39. The SMILES string of the molecule is COc1ccc([C@@H]2CC(=O)C3=C(C2)NC(C)=C(C(=O)OCCOC(C)C)[C@H]3c2cc(Br)c(OC)c(OC)c2)cc1OC. The zero-order valence-electron chi connectivity index (χ0n) is 25.1. The van der Waals surface area contributed by atoms with Gasteiger partial charge in [0, 0.05) is 29.3 Å². The molecule has 0 aromatic heterocycles. The molecule has 2 aromatic rings. The first-order valence-electron chi connectivity index (χ1n) is 13.8. The van der Waals surface area contributed by atoms with Crippen LogP contribution in [0.3, 0.4) is 0 Å². The number of hydrogen-bond donors (Lipinski definition) is 1. The van der Waals surface area contributed by atoms with Crippen molar-refractivity contribution in [1.29, 1.82) is 0 Å². The Bertz CT molecular complexity index is 1410. The van der Waals surface area contributed by atoms with Gasteiger partial charge in [-0.1, -0.05) is 6.07 Å². The van der Waals surface area contributed by atoms with Crippen LogP contribution in [0.25, 0.3) is 0 Å². The molecule has 0 saturated heterocycles. The minimum absolute atomic E-state index is 0.0176. The molecule has 42 heavy (non-hydrogen) atoms. The van der Waals surface area contributed by atoms with Gasteiger partial charge in [0.05, 0.1) is 51.2 Å². The summed E-state index contributed by atoms with van der Waals surface area (Å²) in [5, 5.41) is 3.39. The largest absolute Gasteiger partial charge is 0.493 e. The number of benzene rings is 2. The summed E-state index contributed by atoms with van der Waals surface area (Å²) >= 11 is 3.58. The molecule has 4 rings (SSSR count). The third kappa shape index (κ3) is 6.44. The van der Waals surface area contributed by atoms with Crippen molar-refractivity contribution in [2.24, 2.45) is 0 Å². The van der Waals surface area contributed by atoms with E-state index in [0.29, 0.717) is 56.3 Å². The molecule has 1 N–H and O–H groups in total. The van der Waals surface area contributed by atoms with E-state index in [0.717, 1.165) is 11.3 Å². The second kappa shape index (κ2) is 13.6. The van der Waals surface area contributed by atoms with Crippen molar-refractivity contribution in [3.05, 3.63) is 68.5 Å². The van der Waals surface area contributed by atoms with Crippen LogP contribution in [0, 0.1) is 0 Å². The van der Waals surface area contributed by atoms with Gasteiger partial charge < -0.3 is 33.7 Å². The number of methoxy groups -OCH3 is 4. The van der Waals surface area contributed by atoms with Crippen LogP contribution in [0.2, 0.25) is 0 Å². The standard InChI is InChI=1S/C32H38BrNO8/c1-17(2)41-10-11-42-32(36)28-18(3)34-23-13-20(19-8-9-25(37-4)26(15-19)38-5)14-24(35)30(23)29(28)21-12-22(33)31(40-7)27(16-21)39-6/h8-9,12,15-17,20,29,34H,10-11,13-14H2,1-7H3/t20-,29+/m0/s1. The normalized spacial score (nSPS) is 18.5. The molecule has 1 heterocycles. The van der Waals surface area contributed by atoms with Gasteiger partial charge >= 0.3 is 5.97 Å². The topological polar surface area (TPSA) is 102 Å². The molecule has 1 aliphatic carbocycles. The van der Waals surface area contributed by atoms with Gasteiger partial charge in [-0.3, -0.25) is 4.79 Å². The number of allylic oxidation sites excluding steroid dienone is 3. The number of hydrogen-bond acceptors (Lipinski definition) is 9. The van der Waals surface area contributed by atoms with Crippen molar-refractivity contribution in [2.45, 2.75) is 51.6 Å². The summed E-state index contributed by atoms with van der Waals surface area (Å²) in [6.07, 6.45) is 0.859. The smallest absolute Gasteiger partial charge is 0.336 e. The average Bonchev–Trinajstić information content (AvgIpc) is 2.97. The van der Waals surface area contributed by atoms with E-state index >= 15 is 0 Å². The quantitative estimate of drug-likeness (QED) is 0.240. The van der Waals surface area contributed by atoms with Crippen LogP contribution in [0.5, 0.6) is 23.0 Å². The third-order valence-corrected chi connectivity index (χ3v) is 8.07. The van der Waals surface area contributed by atoms with Gasteiger partial charge in [0.2, 0.25) is 0 Å². The lowest BCUT2D eigenvalue weighted by Gasteiger charge is -2.37. The molecule has 0 spiro atoms. The number of dihydropyridines is 1. The van der Waals surface area contributed by atoms with Crippen molar-refractivity contribution in [1.82, 2.24) is 5.32 Å². The molecule has 0 fully saturated rings. The first-order chi connectivity index (χ1) is 20.1. The zero-order chi connectivity index (χ0) is 30.6. The van der Waals surface area contributed by atoms with Crippen molar-refractivity contribution in [2.75, 3.05) is 41.7 Å². The number of nitrogens with one attached hydrogen (secondary N) is 1. The second-order valence-electron chi connectivity index (χ2n) is 10.4. The molecule has 0 amide bonds. The monoisotopic (exact) mass is 643 g/mol. The lowest BCUT2D eigenvalue weighted by Crippen LogP contribution is -2.36. The fourth-order valence-corrected chi connectivity index (χ4v) is 6.21. The minimum Gasteiger partial charge on any atom is -0.493 e. The summed E-state index contributed by atoms with van der Waals surface area (Å²) in [7, 11) is 6.28. The first-order valence-corrected chi connectivity index (χ1v) is 14.6. The van der Waals surface area contributed by atoms with Crippen molar-refractivity contribution in [3.8, 4) is 23.0 Å². The Morgan fingerprint density at radius 1 is 0.929 bits per heavy atom. The van der Waals surface area contributed by atoms with E-state index in [-0.39, 0.29) is 37.4 Å². The molecule has 2 atom stereocenters. The van der Waals surface area contributed by atoms with Crippen LogP contribution in [0.1, 0.15) is 56.6 Å². The Labute approximate surface area is 255 Å². The maximum atomic E-state index is 14.0. The van der Waals surface area contributed by atoms with Crippen LogP contribution in [0.15, 0.2) is 57.3 Å². The van der Waals surface area contributed by atoms with Crippen LogP contribution < -0.4 is 24.3 Å². The van der Waals surface area contributed by atoms with E-state index in [1.54, 1.807) is 34.5 Å². The Morgan fingerprint density at radius 3 is 2.26 bits per heavy atom. The van der Waals surface area contributed by atoms with Gasteiger partial charge in [0.1, 0.15) is 6.61 Å². The fraction of sp³-hybridized carbons (Fsp3) is 0.438. The molecule has 0 saturated carbocycles. The predicted molar refractivity (Wildman–Crippen MR) is 161 cm³/mol. The van der Waals surface area contributed by atoms with Crippen LogP contribution >= 0.6 is 15.9 Å². The Balaban J connectivity index is 1.77. The highest BCUT2D eigenvalue weighted by molar-refractivity contribution is 9.10. The second-order valence-corrected chi connectivity index (χ2v) is 11.3. The number of ketones is 1. The van der Waals surface area contributed by atoms with Gasteiger partial charge in [-0.15, -0.1) is 0 Å². The zero-order valence-corrected chi connectivity index (χ0v) is 26.7. The van der Waals surface area contributed by atoms with Crippen molar-refractivity contribution >= 4 is 27.7 Å². The number of carbonyl (C=O) groups is 2. The lowest BCUT2D eigenvalue weighted by molar-refractivity contribution is -0.141. The van der Waals surface area contributed by atoms with Crippen LogP contribution in [-0.4, -0.2) is 59.5 Å². The maximum absolute atomic E-state index is 14.0. The molecule has 9 nitrogen and oxygen atoms in total. The number of Topliss-reactive ketones (excluding diaryl/α,β-unsaturated/α-hetero) is 1. The lowest BCUT2D eigenvalue weighted by atomic mass is 9.71. The van der Waals surface area contributed by atoms with Gasteiger partial charge in [-0.2, -0.15) is 0 Å². The molecule has 2 aromatic carbocycles. The van der Waals surface area contributed by atoms with E-state index in [4.69, 9.17) is 28.4 Å². The Kier molecular flexibility index (Phi) is 10.2. The highest BCUT2D eigenvalue weighted by Crippen LogP contribution is 2.49. The number of halogens is 1. The third-order valence-electron chi connectivity index (χ3n) is 7.48. The average molecular weight is 645 g/mol. The summed E-state index contributed by atoms with van der Waals surface area (Å²) in [5.74, 6) is 0.900. The molecule has 0 bridgehead atoms. The van der Waals surface area contributed by atoms with E-state index in [1.807, 2.05) is 45.0 Å². The number of carbonyl (C=O) groups excluding carboxylic acids is 2. The fourth-order valence-electron chi connectivity index (χ4n) is 5.59. The molecule has 0 unspecified atom stereocenters. The number of ether oxygens (including phenoxy) is 6. The maximum Gasteiger partial charge on any atom is 0.336 e. The predicted octanol–water partition coefficient (Wildman–Crippen LogP) is 5.81. The minimum atomic E-state index is -0.672. The highest BCUT2D eigenvalue weighted by Gasteiger charge is 2.42. The highest BCUT2D eigenvalue weighted by atomic mass is 79.9. The summed E-state index contributed by atoms with van der Waals surface area (Å²) in [5.41, 5.74) is 3.99. The van der Waals surface area contributed by atoms with Gasteiger partial charge in [0.25, 0.3) is 0 Å². The number of rotatable bonds is 11. The molecule has 2 aliphatic rings. The molecule has 10 heteroatoms. The molecule has 0 radical (unpaired) electrons. The van der Waals surface area contributed by atoms with Crippen LogP contribution in [0.4, 0.5) is 0 Å². The van der Waals surface area contributed by atoms with Gasteiger partial charge in [-0.25, -0.2) is 4.79 Å². The van der Waals surface area contributed by atoms with E-state index in [9.17, 15) is 9.59 Å². The molecular formula is C32H38BrNO8. The summed E-state index contributed by atoms with van der Waals surface area (Å²) in [6.45, 7) is 6.04. The van der Waals surface area contributed by atoms with Gasteiger partial charge in [0.15, 0.2) is 28.8 Å². The van der Waals surface area contributed by atoms with Crippen LogP contribution in [-0.2, 0) is 19.1 Å². The summed E-state index contributed by atoms with van der Waals surface area (Å²) < 4.78 is 33.9. The first kappa shape index (κ1) is 31.4. The Hall–Kier alpha value is -3.50. The van der Waals surface area contributed by atoms with E-state index in [1.165, 1.54) is 0 Å². The summed E-state index contributed by atoms with van der Waals surface area (Å²) in [4.78, 5) is 27.6. The molecular weight excluding hydrogens is 606 g/mol. The Morgan fingerprint density at radius 2 is 1.62 bits per heavy atom.